The minimum Gasteiger partial charge on any atom is -0.490 e. The minimum absolute atomic E-state index is 0.130. The zero-order valence-electron chi connectivity index (χ0n) is 11.0. The van der Waals surface area contributed by atoms with E-state index in [-0.39, 0.29) is 11.0 Å². The van der Waals surface area contributed by atoms with E-state index in [1.54, 1.807) is 13.0 Å². The Labute approximate surface area is 118 Å². The highest BCUT2D eigenvalue weighted by Gasteiger charge is 2.20. The first kappa shape index (κ1) is 14.6. The van der Waals surface area contributed by atoms with Gasteiger partial charge in [-0.05, 0) is 37.1 Å². The van der Waals surface area contributed by atoms with Gasteiger partial charge in [0.2, 0.25) is 0 Å². The van der Waals surface area contributed by atoms with Crippen molar-refractivity contribution in [2.75, 3.05) is 13.2 Å². The number of hydrogen-bond acceptors (Lipinski definition) is 4. The summed E-state index contributed by atoms with van der Waals surface area (Å²) in [6.45, 7) is 4.99. The van der Waals surface area contributed by atoms with E-state index in [9.17, 15) is 8.42 Å². The van der Waals surface area contributed by atoms with Gasteiger partial charge in [0.05, 0.1) is 18.1 Å². The van der Waals surface area contributed by atoms with Crippen LogP contribution in [0.15, 0.2) is 17.0 Å². The summed E-state index contributed by atoms with van der Waals surface area (Å²) < 4.78 is 34.0. The summed E-state index contributed by atoms with van der Waals surface area (Å²) >= 11 is 0. The first-order chi connectivity index (χ1) is 8.89. The summed E-state index contributed by atoms with van der Waals surface area (Å²) in [5.74, 6) is 0.716. The molecule has 1 aromatic rings. The molecule has 0 atom stereocenters. The Kier molecular flexibility index (Phi) is 4.38. The lowest BCUT2D eigenvalue weighted by Crippen LogP contribution is -2.26. The zero-order valence-corrected chi connectivity index (χ0v) is 12.6. The number of halogens is 1. The lowest BCUT2D eigenvalue weighted by atomic mass is 10.1. The second-order valence-corrected chi connectivity index (χ2v) is 7.21. The molecule has 0 bridgehead atoms. The van der Waals surface area contributed by atoms with Crippen molar-refractivity contribution in [3.05, 3.63) is 23.3 Å². The Bertz CT molecular complexity index is 562. The van der Waals surface area contributed by atoms with Gasteiger partial charge in [-0.25, -0.2) is 8.42 Å². The van der Waals surface area contributed by atoms with E-state index in [2.05, 4.69) is 0 Å². The standard InChI is InChI=1S/C13H17ClO4S/c1-9-10(2)13(19(14,15)16)4-3-12(9)18-11-5-7-17-8-6-11/h3-4,11H,5-8H2,1-2H3. The highest BCUT2D eigenvalue weighted by Crippen LogP contribution is 2.30. The van der Waals surface area contributed by atoms with Crippen LogP contribution in [0, 0.1) is 13.8 Å². The summed E-state index contributed by atoms with van der Waals surface area (Å²) in [4.78, 5) is 0.144. The van der Waals surface area contributed by atoms with Crippen LogP contribution in [0.5, 0.6) is 5.75 Å². The van der Waals surface area contributed by atoms with Crippen LogP contribution in [-0.2, 0) is 13.8 Å². The number of ether oxygens (including phenoxy) is 2. The summed E-state index contributed by atoms with van der Waals surface area (Å²) in [6, 6.07) is 3.17. The maximum absolute atomic E-state index is 11.4. The quantitative estimate of drug-likeness (QED) is 0.806. The fourth-order valence-corrected chi connectivity index (χ4v) is 3.39. The molecule has 1 heterocycles. The fourth-order valence-electron chi connectivity index (χ4n) is 2.14. The van der Waals surface area contributed by atoms with Crippen LogP contribution in [0.2, 0.25) is 0 Å². The van der Waals surface area contributed by atoms with Crippen molar-refractivity contribution >= 4 is 19.7 Å². The molecule has 19 heavy (non-hydrogen) atoms. The normalized spacial score (nSPS) is 17.4. The molecule has 1 aromatic carbocycles. The van der Waals surface area contributed by atoms with Crippen LogP contribution >= 0.6 is 10.7 Å². The molecule has 1 fully saturated rings. The fraction of sp³-hybridized carbons (Fsp3) is 0.538. The molecular formula is C13H17ClO4S. The largest absolute Gasteiger partial charge is 0.490 e. The molecule has 0 unspecified atom stereocenters. The van der Waals surface area contributed by atoms with Crippen LogP contribution < -0.4 is 4.74 Å². The van der Waals surface area contributed by atoms with Crippen molar-refractivity contribution in [2.45, 2.75) is 37.7 Å². The van der Waals surface area contributed by atoms with E-state index in [4.69, 9.17) is 20.2 Å². The summed E-state index contributed by atoms with van der Waals surface area (Å²) in [6.07, 6.45) is 1.84. The van der Waals surface area contributed by atoms with Crippen molar-refractivity contribution in [2.24, 2.45) is 0 Å². The van der Waals surface area contributed by atoms with Crippen LogP contribution in [0.4, 0.5) is 0 Å². The van der Waals surface area contributed by atoms with E-state index in [0.717, 1.165) is 18.4 Å². The predicted octanol–water partition coefficient (Wildman–Crippen LogP) is 2.79. The maximum atomic E-state index is 11.4. The van der Waals surface area contributed by atoms with Gasteiger partial charge < -0.3 is 9.47 Å². The third-order valence-corrected chi connectivity index (χ3v) is 4.88. The predicted molar refractivity (Wildman–Crippen MR) is 73.4 cm³/mol. The van der Waals surface area contributed by atoms with Crippen LogP contribution in [-0.4, -0.2) is 27.7 Å². The molecule has 4 nitrogen and oxygen atoms in total. The zero-order chi connectivity index (χ0) is 14.0. The molecular weight excluding hydrogens is 288 g/mol. The Balaban J connectivity index is 2.26. The van der Waals surface area contributed by atoms with Gasteiger partial charge in [0.15, 0.2) is 0 Å². The van der Waals surface area contributed by atoms with E-state index in [1.807, 2.05) is 6.92 Å². The van der Waals surface area contributed by atoms with Gasteiger partial charge in [0.1, 0.15) is 11.9 Å². The number of hydrogen-bond donors (Lipinski definition) is 0. The van der Waals surface area contributed by atoms with E-state index in [1.165, 1.54) is 6.07 Å². The molecule has 1 saturated heterocycles. The SMILES string of the molecule is Cc1c(OC2CCOCC2)ccc(S(=O)(=O)Cl)c1C. The van der Waals surface area contributed by atoms with Gasteiger partial charge in [-0.1, -0.05) is 0 Å². The lowest BCUT2D eigenvalue weighted by Gasteiger charge is -2.24. The van der Waals surface area contributed by atoms with Crippen molar-refractivity contribution in [3.63, 3.8) is 0 Å². The van der Waals surface area contributed by atoms with Gasteiger partial charge in [-0.15, -0.1) is 0 Å². The molecule has 106 valence electrons. The first-order valence-corrected chi connectivity index (χ1v) is 8.50. The van der Waals surface area contributed by atoms with Gasteiger partial charge >= 0.3 is 0 Å². The molecule has 0 saturated carbocycles. The molecule has 1 aliphatic rings. The molecule has 1 aliphatic heterocycles. The Morgan fingerprint density at radius 3 is 2.42 bits per heavy atom. The average molecular weight is 305 g/mol. The Morgan fingerprint density at radius 2 is 1.84 bits per heavy atom. The second kappa shape index (κ2) is 5.69. The number of benzene rings is 1. The van der Waals surface area contributed by atoms with Gasteiger partial charge in [0, 0.05) is 23.5 Å². The van der Waals surface area contributed by atoms with Crippen molar-refractivity contribution in [1.82, 2.24) is 0 Å². The minimum atomic E-state index is -3.71. The number of rotatable bonds is 3. The molecule has 6 heteroatoms. The summed E-state index contributed by atoms with van der Waals surface area (Å²) in [5.41, 5.74) is 1.45. The van der Waals surface area contributed by atoms with Crippen molar-refractivity contribution in [1.29, 1.82) is 0 Å². The Morgan fingerprint density at radius 1 is 1.21 bits per heavy atom. The summed E-state index contributed by atoms with van der Waals surface area (Å²) in [5, 5.41) is 0. The monoisotopic (exact) mass is 304 g/mol. The second-order valence-electron chi connectivity index (χ2n) is 4.68. The van der Waals surface area contributed by atoms with Gasteiger partial charge in [0.25, 0.3) is 9.05 Å². The molecule has 0 amide bonds. The highest BCUT2D eigenvalue weighted by atomic mass is 35.7. The van der Waals surface area contributed by atoms with E-state index in [0.29, 0.717) is 24.5 Å². The maximum Gasteiger partial charge on any atom is 0.261 e. The third-order valence-electron chi connectivity index (χ3n) is 3.41. The van der Waals surface area contributed by atoms with Gasteiger partial charge in [-0.3, -0.25) is 0 Å². The average Bonchev–Trinajstić information content (AvgIpc) is 2.35. The van der Waals surface area contributed by atoms with Crippen LogP contribution in [0.3, 0.4) is 0 Å². The molecule has 0 spiro atoms. The highest BCUT2D eigenvalue weighted by molar-refractivity contribution is 8.13. The molecule has 2 rings (SSSR count). The molecule has 0 N–H and O–H groups in total. The molecule has 0 aliphatic carbocycles. The Hall–Kier alpha value is -0.780. The van der Waals surface area contributed by atoms with E-state index >= 15 is 0 Å². The molecule has 0 radical (unpaired) electrons. The third kappa shape index (κ3) is 3.41. The lowest BCUT2D eigenvalue weighted by molar-refractivity contribution is 0.0252. The first-order valence-electron chi connectivity index (χ1n) is 6.19. The topological polar surface area (TPSA) is 52.6 Å². The van der Waals surface area contributed by atoms with Crippen LogP contribution in [0.25, 0.3) is 0 Å². The van der Waals surface area contributed by atoms with Crippen LogP contribution in [0.1, 0.15) is 24.0 Å². The smallest absolute Gasteiger partial charge is 0.261 e. The van der Waals surface area contributed by atoms with Gasteiger partial charge in [-0.2, -0.15) is 0 Å². The summed E-state index contributed by atoms with van der Waals surface area (Å²) in [7, 11) is 1.69. The van der Waals surface area contributed by atoms with Crippen molar-refractivity contribution in [3.8, 4) is 5.75 Å². The van der Waals surface area contributed by atoms with Crippen molar-refractivity contribution < 1.29 is 17.9 Å². The molecule has 0 aromatic heterocycles. The van der Waals surface area contributed by atoms with E-state index < -0.39 is 9.05 Å².